The van der Waals surface area contributed by atoms with Gasteiger partial charge in [0.25, 0.3) is 0 Å². The summed E-state index contributed by atoms with van der Waals surface area (Å²) in [7, 11) is 0. The topological polar surface area (TPSA) is 105 Å². The highest BCUT2D eigenvalue weighted by Gasteiger charge is 2.45. The van der Waals surface area contributed by atoms with Crippen molar-refractivity contribution in [2.24, 2.45) is 0 Å². The van der Waals surface area contributed by atoms with Crippen molar-refractivity contribution in [2.75, 3.05) is 26.4 Å². The van der Waals surface area contributed by atoms with E-state index in [2.05, 4.69) is 17.4 Å². The van der Waals surface area contributed by atoms with Gasteiger partial charge in [-0.3, -0.25) is 9.59 Å². The summed E-state index contributed by atoms with van der Waals surface area (Å²) >= 11 is 0. The minimum Gasteiger partial charge on any atom is -0.481 e. The SMILES string of the molecule is CC(C)N(CCC(=O)O)C(=O)C1(NC(=O)OCC2c3ccccc3-c3ccccc32)CCOCC1. The Morgan fingerprint density at radius 3 is 2.17 bits per heavy atom. The molecule has 2 aromatic rings. The lowest BCUT2D eigenvalue weighted by Crippen LogP contribution is -2.63. The summed E-state index contributed by atoms with van der Waals surface area (Å²) < 4.78 is 11.2. The van der Waals surface area contributed by atoms with Gasteiger partial charge >= 0.3 is 12.1 Å². The molecule has 0 unspecified atom stereocenters. The van der Waals surface area contributed by atoms with Crippen LogP contribution in [0.4, 0.5) is 4.79 Å². The molecule has 8 nitrogen and oxygen atoms in total. The maximum Gasteiger partial charge on any atom is 0.408 e. The minimum atomic E-state index is -1.19. The second-order valence-corrected chi connectivity index (χ2v) is 9.38. The van der Waals surface area contributed by atoms with E-state index in [1.165, 1.54) is 4.90 Å². The normalized spacial score (nSPS) is 16.3. The number of fused-ring (bicyclic) bond motifs is 3. The van der Waals surface area contributed by atoms with Crippen LogP contribution in [0.1, 0.15) is 50.2 Å². The van der Waals surface area contributed by atoms with Gasteiger partial charge in [-0.25, -0.2) is 4.79 Å². The average molecular weight is 481 g/mol. The van der Waals surface area contributed by atoms with Gasteiger partial charge in [0.15, 0.2) is 0 Å². The van der Waals surface area contributed by atoms with E-state index in [-0.39, 0.29) is 37.4 Å². The maximum atomic E-state index is 13.6. The number of carbonyl (C=O) groups excluding carboxylic acids is 2. The molecule has 1 saturated heterocycles. The van der Waals surface area contributed by atoms with Crippen LogP contribution in [0.25, 0.3) is 11.1 Å². The monoisotopic (exact) mass is 480 g/mol. The van der Waals surface area contributed by atoms with Crippen LogP contribution in [-0.4, -0.2) is 65.9 Å². The predicted octanol–water partition coefficient (Wildman–Crippen LogP) is 3.79. The summed E-state index contributed by atoms with van der Waals surface area (Å²) in [5.74, 6) is -1.36. The van der Waals surface area contributed by atoms with Crippen molar-refractivity contribution in [3.63, 3.8) is 0 Å². The van der Waals surface area contributed by atoms with Crippen LogP contribution in [0.5, 0.6) is 0 Å². The van der Waals surface area contributed by atoms with Crippen molar-refractivity contribution >= 4 is 18.0 Å². The molecule has 0 atom stereocenters. The molecule has 2 aliphatic rings. The van der Waals surface area contributed by atoms with Crippen molar-refractivity contribution in [1.82, 2.24) is 10.2 Å². The van der Waals surface area contributed by atoms with Gasteiger partial charge in [0.1, 0.15) is 12.1 Å². The molecule has 2 aromatic carbocycles. The van der Waals surface area contributed by atoms with E-state index in [1.807, 2.05) is 50.2 Å². The summed E-state index contributed by atoms with van der Waals surface area (Å²) in [4.78, 5) is 39.3. The van der Waals surface area contributed by atoms with Crippen molar-refractivity contribution < 1.29 is 29.0 Å². The quantitative estimate of drug-likeness (QED) is 0.596. The number of ether oxygens (including phenoxy) is 2. The van der Waals surface area contributed by atoms with E-state index in [0.29, 0.717) is 26.1 Å². The Morgan fingerprint density at radius 1 is 1.06 bits per heavy atom. The fourth-order valence-corrected chi connectivity index (χ4v) is 5.03. The molecule has 8 heteroatoms. The molecule has 2 N–H and O–H groups in total. The zero-order valence-electron chi connectivity index (χ0n) is 20.2. The number of nitrogens with zero attached hydrogens (tertiary/aromatic N) is 1. The zero-order chi connectivity index (χ0) is 25.0. The molecule has 0 aromatic heterocycles. The second-order valence-electron chi connectivity index (χ2n) is 9.38. The van der Waals surface area contributed by atoms with Crippen LogP contribution in [0, 0.1) is 0 Å². The van der Waals surface area contributed by atoms with Crippen molar-refractivity contribution in [3.8, 4) is 11.1 Å². The van der Waals surface area contributed by atoms with E-state index in [4.69, 9.17) is 14.6 Å². The smallest absolute Gasteiger partial charge is 0.408 e. The van der Waals surface area contributed by atoms with Gasteiger partial charge in [0.2, 0.25) is 5.91 Å². The lowest BCUT2D eigenvalue weighted by atomic mass is 9.88. The summed E-state index contributed by atoms with van der Waals surface area (Å²) in [6.07, 6.45) is -0.232. The van der Waals surface area contributed by atoms with Crippen molar-refractivity contribution in [2.45, 2.75) is 50.6 Å². The molecule has 0 spiro atoms. The van der Waals surface area contributed by atoms with Crippen LogP contribution in [-0.2, 0) is 19.1 Å². The van der Waals surface area contributed by atoms with Crippen molar-refractivity contribution in [1.29, 1.82) is 0 Å². The van der Waals surface area contributed by atoms with Gasteiger partial charge < -0.3 is 24.8 Å². The first-order valence-electron chi connectivity index (χ1n) is 12.1. The third kappa shape index (κ3) is 5.17. The number of amides is 2. The number of carbonyl (C=O) groups is 3. The molecule has 0 saturated carbocycles. The van der Waals surface area contributed by atoms with Gasteiger partial charge in [0, 0.05) is 44.6 Å². The molecule has 1 heterocycles. The highest BCUT2D eigenvalue weighted by Crippen LogP contribution is 2.44. The Balaban J connectivity index is 1.49. The van der Waals surface area contributed by atoms with Crippen LogP contribution in [0.2, 0.25) is 0 Å². The number of benzene rings is 2. The van der Waals surface area contributed by atoms with Crippen LogP contribution >= 0.6 is 0 Å². The largest absolute Gasteiger partial charge is 0.481 e. The van der Waals surface area contributed by atoms with Crippen LogP contribution < -0.4 is 5.32 Å². The molecule has 1 aliphatic carbocycles. The Labute approximate surface area is 205 Å². The number of rotatable bonds is 8. The van der Waals surface area contributed by atoms with Gasteiger partial charge in [-0.15, -0.1) is 0 Å². The molecule has 1 fully saturated rings. The van der Waals surface area contributed by atoms with Gasteiger partial charge in [-0.05, 0) is 36.1 Å². The van der Waals surface area contributed by atoms with Gasteiger partial charge in [0.05, 0.1) is 6.42 Å². The lowest BCUT2D eigenvalue weighted by molar-refractivity contribution is -0.145. The number of carboxylic acids is 1. The van der Waals surface area contributed by atoms with Crippen molar-refractivity contribution in [3.05, 3.63) is 59.7 Å². The van der Waals surface area contributed by atoms with Gasteiger partial charge in [-0.2, -0.15) is 0 Å². The minimum absolute atomic E-state index is 0.0702. The van der Waals surface area contributed by atoms with E-state index >= 15 is 0 Å². The zero-order valence-corrected chi connectivity index (χ0v) is 20.2. The number of aliphatic carboxylic acids is 1. The molecule has 1 aliphatic heterocycles. The average Bonchev–Trinajstić information content (AvgIpc) is 3.16. The molecule has 0 radical (unpaired) electrons. The molecular weight excluding hydrogens is 448 g/mol. The lowest BCUT2D eigenvalue weighted by Gasteiger charge is -2.41. The summed E-state index contributed by atoms with van der Waals surface area (Å²) in [6.45, 7) is 4.52. The Hall–Kier alpha value is -3.39. The maximum absolute atomic E-state index is 13.6. The summed E-state index contributed by atoms with van der Waals surface area (Å²) in [5.41, 5.74) is 3.30. The van der Waals surface area contributed by atoms with Crippen LogP contribution in [0.3, 0.4) is 0 Å². The predicted molar refractivity (Wildman–Crippen MR) is 130 cm³/mol. The fraction of sp³-hybridized carbons (Fsp3) is 0.444. The Bertz CT molecular complexity index is 1050. The number of hydrogen-bond acceptors (Lipinski definition) is 5. The fourth-order valence-electron chi connectivity index (χ4n) is 5.03. The van der Waals surface area contributed by atoms with E-state index in [0.717, 1.165) is 22.3 Å². The Morgan fingerprint density at radius 2 is 1.63 bits per heavy atom. The molecule has 4 rings (SSSR count). The first kappa shape index (κ1) is 24.7. The molecule has 35 heavy (non-hydrogen) atoms. The Kier molecular flexibility index (Phi) is 7.40. The van der Waals surface area contributed by atoms with Gasteiger partial charge in [-0.1, -0.05) is 48.5 Å². The second kappa shape index (κ2) is 10.5. The molecular formula is C27H32N2O6. The van der Waals surface area contributed by atoms with E-state index in [1.54, 1.807) is 0 Å². The van der Waals surface area contributed by atoms with Crippen LogP contribution in [0.15, 0.2) is 48.5 Å². The number of hydrogen-bond donors (Lipinski definition) is 2. The summed E-state index contributed by atoms with van der Waals surface area (Å²) in [5, 5.41) is 12.0. The number of alkyl carbamates (subject to hydrolysis) is 1. The number of nitrogens with one attached hydrogen (secondary N) is 1. The molecule has 2 amide bonds. The highest BCUT2D eigenvalue weighted by molar-refractivity contribution is 5.90. The third-order valence-corrected chi connectivity index (χ3v) is 6.89. The standard InChI is InChI=1S/C27H32N2O6/c1-18(2)29(14-11-24(30)31)25(32)27(12-15-34-16-13-27)28-26(33)35-17-23-21-9-5-3-7-19(21)20-8-4-6-10-22(20)23/h3-10,18,23H,11-17H2,1-2H3,(H,28,33)(H,30,31). The van der Waals surface area contributed by atoms with E-state index < -0.39 is 17.6 Å². The van der Waals surface area contributed by atoms with E-state index in [9.17, 15) is 14.4 Å². The highest BCUT2D eigenvalue weighted by atomic mass is 16.5. The summed E-state index contributed by atoms with van der Waals surface area (Å²) in [6, 6.07) is 16.0. The number of carboxylic acid groups (broad SMARTS) is 1. The first-order valence-corrected chi connectivity index (χ1v) is 12.1. The third-order valence-electron chi connectivity index (χ3n) is 6.89. The molecule has 0 bridgehead atoms. The first-order chi connectivity index (χ1) is 16.8. The molecule has 186 valence electrons.